The van der Waals surface area contributed by atoms with Crippen LogP contribution in [0.5, 0.6) is 5.75 Å². The van der Waals surface area contributed by atoms with Crippen LogP contribution >= 0.6 is 0 Å². The van der Waals surface area contributed by atoms with Crippen LogP contribution in [0, 0.1) is 0 Å². The minimum atomic E-state index is -2.11. The summed E-state index contributed by atoms with van der Waals surface area (Å²) in [5.74, 6) is -5.22. The lowest BCUT2D eigenvalue weighted by molar-refractivity contribution is -0.174. The van der Waals surface area contributed by atoms with E-state index in [0.717, 1.165) is 24.1 Å². The van der Waals surface area contributed by atoms with E-state index in [1.54, 1.807) is 12.1 Å². The fourth-order valence-electron chi connectivity index (χ4n) is 6.86. The van der Waals surface area contributed by atoms with E-state index in [1.807, 2.05) is 13.1 Å². The van der Waals surface area contributed by atoms with E-state index in [1.165, 1.54) is 0 Å². The van der Waals surface area contributed by atoms with Crippen LogP contribution in [0.15, 0.2) is 24.0 Å². The van der Waals surface area contributed by atoms with Crippen molar-refractivity contribution in [2.75, 3.05) is 13.6 Å². The Labute approximate surface area is 228 Å². The van der Waals surface area contributed by atoms with Crippen molar-refractivity contribution in [2.24, 2.45) is 0 Å². The molecule has 4 aliphatic rings. The van der Waals surface area contributed by atoms with Crippen molar-refractivity contribution in [3.05, 3.63) is 40.7 Å². The molecule has 0 unspecified atom stereocenters. The fourth-order valence-corrected chi connectivity index (χ4v) is 6.86. The third kappa shape index (κ3) is 4.24. The molecule has 13 heteroatoms. The van der Waals surface area contributed by atoms with Gasteiger partial charge in [0, 0.05) is 23.6 Å². The van der Waals surface area contributed by atoms with Crippen LogP contribution in [0.25, 0.3) is 0 Å². The van der Waals surface area contributed by atoms with Crippen molar-refractivity contribution < 1.29 is 58.9 Å². The summed E-state index contributed by atoms with van der Waals surface area (Å²) in [6, 6.07) is 3.48. The van der Waals surface area contributed by atoms with E-state index < -0.39 is 66.0 Å². The lowest BCUT2D eigenvalue weighted by Gasteiger charge is -2.56. The van der Waals surface area contributed by atoms with Crippen LogP contribution in [0.1, 0.15) is 48.8 Å². The molecule has 13 nitrogen and oxygen atoms in total. The first-order valence-electron chi connectivity index (χ1n) is 13.0. The second kappa shape index (κ2) is 10.1. The van der Waals surface area contributed by atoms with Crippen LogP contribution in [-0.4, -0.2) is 97.9 Å². The van der Waals surface area contributed by atoms with Crippen molar-refractivity contribution in [1.82, 2.24) is 4.90 Å². The van der Waals surface area contributed by atoms with Gasteiger partial charge in [-0.2, -0.15) is 0 Å². The van der Waals surface area contributed by atoms with E-state index in [9.17, 15) is 34.5 Å². The Balaban J connectivity index is 1.40. The summed E-state index contributed by atoms with van der Waals surface area (Å²) in [7, 11) is 1.96. The van der Waals surface area contributed by atoms with Crippen LogP contribution in [0.2, 0.25) is 0 Å². The van der Waals surface area contributed by atoms with Gasteiger partial charge in [0.05, 0.1) is 30.5 Å². The molecule has 0 amide bonds. The number of likely N-dealkylation sites (N-methyl/N-ethyl adjacent to an activating group) is 1. The van der Waals surface area contributed by atoms with Crippen molar-refractivity contribution in [3.63, 3.8) is 0 Å². The molecule has 40 heavy (non-hydrogen) atoms. The Morgan fingerprint density at radius 2 is 1.95 bits per heavy atom. The third-order valence-corrected chi connectivity index (χ3v) is 8.61. The number of carbonyl (C=O) groups excluding carboxylic acids is 2. The second-order valence-corrected chi connectivity index (χ2v) is 10.8. The number of hydrogen-bond acceptors (Lipinski definition) is 11. The predicted molar refractivity (Wildman–Crippen MR) is 132 cm³/mol. The number of rotatable bonds is 9. The topological polar surface area (TPSA) is 200 Å². The van der Waals surface area contributed by atoms with Gasteiger partial charge >= 0.3 is 23.9 Å². The number of hydrogen-bond donors (Lipinski definition) is 5. The minimum Gasteiger partial charge on any atom is -0.481 e. The highest BCUT2D eigenvalue weighted by Gasteiger charge is 2.70. The fraction of sp³-hybridized carbons (Fsp3) is 0.556. The zero-order chi connectivity index (χ0) is 29.0. The molecule has 5 rings (SSSR count). The van der Waals surface area contributed by atoms with E-state index in [4.69, 9.17) is 19.7 Å². The molecule has 0 radical (unpaired) electrons. The lowest BCUT2D eigenvalue weighted by atomic mass is 9.52. The average Bonchev–Trinajstić information content (AvgIpc) is 3.23. The smallest absolute Gasteiger partial charge is 0.345 e. The quantitative estimate of drug-likeness (QED) is 0.244. The molecule has 2 aliphatic heterocycles. The van der Waals surface area contributed by atoms with Crippen LogP contribution in [0.4, 0.5) is 0 Å². The molecule has 1 aromatic carbocycles. The molecule has 0 saturated carbocycles. The summed E-state index contributed by atoms with van der Waals surface area (Å²) in [6.45, 7) is 0.444. The number of nitrogens with zero attached hydrogens (tertiary/aromatic N) is 1. The van der Waals surface area contributed by atoms with Gasteiger partial charge in [0.2, 0.25) is 6.10 Å². The SMILES string of the molecule is CN1CCC[C@]23c4c5ccc(CO)c4O[C@H]2C(OC(=O)C[C@H](O)C(=O)O[C@H](CC(=O)O)C(=O)O)=CC[C@@]3(O)[C@H]1C5. The first-order valence-corrected chi connectivity index (χ1v) is 13.0. The van der Waals surface area contributed by atoms with Crippen LogP contribution < -0.4 is 4.74 Å². The molecule has 1 fully saturated rings. The number of esters is 2. The number of ether oxygens (including phenoxy) is 3. The number of aliphatic hydroxyl groups excluding tert-OH is 2. The standard InChI is InChI=1S/C27H31NO12/c1-28-8-2-6-26-21-13-3-4-14(12-29)22(21)40-23(26)16(5-7-27(26,37)18(28)9-13)38-20(33)10-15(30)25(36)39-17(24(34)35)11-19(31)32/h3-5,15,17-18,23,29-30,37H,2,6-12H2,1H3,(H,31,32)(H,34,35)/t15-,17+,18+,23-,26-,27+/m0/s1. The minimum absolute atomic E-state index is 0.0979. The first kappa shape index (κ1) is 28.0. The molecule has 6 atom stereocenters. The van der Waals surface area contributed by atoms with Gasteiger partial charge in [-0.05, 0) is 44.5 Å². The highest BCUT2D eigenvalue weighted by atomic mass is 16.6. The number of likely N-dealkylation sites (tertiary alicyclic amines) is 1. The molecule has 1 saturated heterocycles. The Morgan fingerprint density at radius 3 is 2.62 bits per heavy atom. The number of carbonyl (C=O) groups is 4. The molecule has 216 valence electrons. The average molecular weight is 562 g/mol. The van der Waals surface area contributed by atoms with Gasteiger partial charge in [-0.3, -0.25) is 9.59 Å². The Hall–Kier alpha value is -3.52. The van der Waals surface area contributed by atoms with Crippen molar-refractivity contribution >= 4 is 23.9 Å². The molecule has 5 N–H and O–H groups in total. The molecular formula is C27H31NO12. The van der Waals surface area contributed by atoms with Gasteiger partial charge in [-0.1, -0.05) is 12.1 Å². The van der Waals surface area contributed by atoms with Crippen molar-refractivity contribution in [1.29, 1.82) is 0 Å². The molecular weight excluding hydrogens is 530 g/mol. The zero-order valence-corrected chi connectivity index (χ0v) is 21.7. The lowest BCUT2D eigenvalue weighted by Crippen LogP contribution is -2.69. The maximum absolute atomic E-state index is 12.8. The van der Waals surface area contributed by atoms with E-state index in [0.29, 0.717) is 24.2 Å². The Bertz CT molecular complexity index is 1290. The Kier molecular flexibility index (Phi) is 7.11. The van der Waals surface area contributed by atoms with Gasteiger partial charge in [0.25, 0.3) is 0 Å². The third-order valence-electron chi connectivity index (χ3n) is 8.61. The maximum Gasteiger partial charge on any atom is 0.345 e. The first-order chi connectivity index (χ1) is 18.9. The Morgan fingerprint density at radius 1 is 1.20 bits per heavy atom. The number of benzene rings is 1. The van der Waals surface area contributed by atoms with Gasteiger partial charge in [-0.15, -0.1) is 0 Å². The number of aliphatic hydroxyl groups is 3. The van der Waals surface area contributed by atoms with E-state index in [2.05, 4.69) is 9.64 Å². The summed E-state index contributed by atoms with van der Waals surface area (Å²) in [5.41, 5.74) is 0.105. The van der Waals surface area contributed by atoms with Crippen molar-refractivity contribution in [3.8, 4) is 5.75 Å². The molecule has 2 bridgehead atoms. The molecule has 2 aliphatic carbocycles. The van der Waals surface area contributed by atoms with Gasteiger partial charge in [0.15, 0.2) is 12.2 Å². The molecule has 2 heterocycles. The van der Waals surface area contributed by atoms with Gasteiger partial charge in [-0.25, -0.2) is 9.59 Å². The summed E-state index contributed by atoms with van der Waals surface area (Å²) >= 11 is 0. The monoisotopic (exact) mass is 561 g/mol. The number of carboxylic acid groups (broad SMARTS) is 2. The maximum atomic E-state index is 12.8. The number of aliphatic carboxylic acids is 2. The molecule has 1 spiro atoms. The zero-order valence-electron chi connectivity index (χ0n) is 21.7. The van der Waals surface area contributed by atoms with Gasteiger partial charge in [0.1, 0.15) is 11.5 Å². The summed E-state index contributed by atoms with van der Waals surface area (Å²) in [6.07, 6.45) is -3.44. The van der Waals surface area contributed by atoms with Crippen LogP contribution in [-0.2, 0) is 47.1 Å². The van der Waals surface area contributed by atoms with Crippen LogP contribution in [0.3, 0.4) is 0 Å². The largest absolute Gasteiger partial charge is 0.481 e. The highest BCUT2D eigenvalue weighted by Crippen LogP contribution is 2.64. The summed E-state index contributed by atoms with van der Waals surface area (Å²) in [4.78, 5) is 49.1. The predicted octanol–water partition coefficient (Wildman–Crippen LogP) is -0.388. The molecule has 1 aromatic rings. The normalized spacial score (nSPS) is 29.6. The van der Waals surface area contributed by atoms with Gasteiger partial charge < -0.3 is 44.6 Å². The number of carboxylic acids is 2. The summed E-state index contributed by atoms with van der Waals surface area (Å²) in [5, 5.41) is 50.4. The van der Waals surface area contributed by atoms with E-state index in [-0.39, 0.29) is 24.8 Å². The summed E-state index contributed by atoms with van der Waals surface area (Å²) < 4.78 is 16.5. The molecule has 0 aromatic heterocycles. The highest BCUT2D eigenvalue weighted by molar-refractivity contribution is 5.86. The van der Waals surface area contributed by atoms with Crippen molar-refractivity contribution in [2.45, 2.75) is 80.5 Å². The van der Waals surface area contributed by atoms with E-state index >= 15 is 0 Å². The second-order valence-electron chi connectivity index (χ2n) is 10.8.